The lowest BCUT2D eigenvalue weighted by molar-refractivity contribution is -0.140. The predicted molar refractivity (Wildman–Crippen MR) is 113 cm³/mol. The zero-order valence-electron chi connectivity index (χ0n) is 18.4. The summed E-state index contributed by atoms with van der Waals surface area (Å²) in [5.41, 5.74) is 0.618. The molecule has 2 amide bonds. The minimum absolute atomic E-state index is 0.167. The van der Waals surface area contributed by atoms with Crippen molar-refractivity contribution < 1.29 is 33.4 Å². The van der Waals surface area contributed by atoms with Gasteiger partial charge in [-0.05, 0) is 86.7 Å². The molecule has 4 saturated carbocycles. The molecular weight excluding hydrogens is 429 g/mol. The molecule has 1 aliphatic heterocycles. The summed E-state index contributed by atoms with van der Waals surface area (Å²) in [4.78, 5) is 36.9. The summed E-state index contributed by atoms with van der Waals surface area (Å²) in [6.45, 7) is 0.127. The Morgan fingerprint density at radius 3 is 2.73 bits per heavy atom. The van der Waals surface area contributed by atoms with Gasteiger partial charge < -0.3 is 14.6 Å². The molecular formula is C25H28FNO6. The van der Waals surface area contributed by atoms with Crippen LogP contribution in [-0.2, 0) is 9.53 Å². The highest BCUT2D eigenvalue weighted by atomic mass is 19.1. The van der Waals surface area contributed by atoms with Crippen LogP contribution < -0.4 is 4.74 Å². The van der Waals surface area contributed by atoms with E-state index >= 15 is 4.39 Å². The van der Waals surface area contributed by atoms with Crippen LogP contribution in [0, 0.1) is 29.0 Å². The molecule has 3 bridgehead atoms. The molecule has 8 heteroatoms. The molecule has 0 spiro atoms. The number of hydrogen-bond donors (Lipinski definition) is 1. The van der Waals surface area contributed by atoms with Gasteiger partial charge in [0.05, 0.1) is 12.2 Å². The summed E-state index contributed by atoms with van der Waals surface area (Å²) >= 11 is 0. The van der Waals surface area contributed by atoms with Crippen molar-refractivity contribution >= 4 is 18.0 Å². The molecule has 1 heterocycles. The third kappa shape index (κ3) is 3.49. The van der Waals surface area contributed by atoms with Crippen molar-refractivity contribution in [2.24, 2.45) is 23.2 Å². The van der Waals surface area contributed by atoms with Crippen molar-refractivity contribution in [3.63, 3.8) is 0 Å². The second-order valence-electron chi connectivity index (χ2n) is 10.8. The summed E-state index contributed by atoms with van der Waals surface area (Å²) in [6, 6.07) is 1.24. The average molecular weight is 457 g/mol. The molecule has 176 valence electrons. The number of carboxylic acids is 1. The molecule has 1 aromatic rings. The van der Waals surface area contributed by atoms with Gasteiger partial charge in [0.1, 0.15) is 18.2 Å². The van der Waals surface area contributed by atoms with Crippen LogP contribution in [0.15, 0.2) is 12.1 Å². The first-order chi connectivity index (χ1) is 15.8. The van der Waals surface area contributed by atoms with Crippen molar-refractivity contribution in [1.29, 1.82) is 0 Å². The van der Waals surface area contributed by atoms with Crippen LogP contribution in [0.25, 0.3) is 0 Å². The Morgan fingerprint density at radius 1 is 1.18 bits per heavy atom. The lowest BCUT2D eigenvalue weighted by Crippen LogP contribution is -2.43. The zero-order chi connectivity index (χ0) is 22.9. The topological polar surface area (TPSA) is 93.1 Å². The van der Waals surface area contributed by atoms with Gasteiger partial charge in [-0.15, -0.1) is 0 Å². The number of amides is 2. The van der Waals surface area contributed by atoms with E-state index in [0.717, 1.165) is 42.6 Å². The molecule has 7 nitrogen and oxygen atoms in total. The highest BCUT2D eigenvalue weighted by Gasteiger charge is 2.52. The Labute approximate surface area is 191 Å². The molecule has 5 aliphatic rings. The van der Waals surface area contributed by atoms with Crippen LogP contribution >= 0.6 is 0 Å². The smallest absolute Gasteiger partial charge is 0.417 e. The van der Waals surface area contributed by atoms with Crippen LogP contribution in [0.5, 0.6) is 5.75 Å². The fourth-order valence-corrected chi connectivity index (χ4v) is 7.01. The highest BCUT2D eigenvalue weighted by Crippen LogP contribution is 2.60. The van der Waals surface area contributed by atoms with Crippen molar-refractivity contribution in [1.82, 2.24) is 4.90 Å². The number of nitrogens with zero attached hydrogens (tertiary/aromatic N) is 1. The number of carboxylic acid groups (broad SMARTS) is 1. The molecule has 1 saturated heterocycles. The fraction of sp³-hybridized carbons (Fsp3) is 0.640. The van der Waals surface area contributed by atoms with Crippen molar-refractivity contribution in [2.75, 3.05) is 13.2 Å². The molecule has 0 aromatic heterocycles. The number of carbonyl (C=O) groups excluding carboxylic acids is 2. The molecule has 4 aliphatic carbocycles. The standard InChI is InChI=1S/C25H28FNO6/c26-19-8-21(33-12-25-4-3-15-5-13(9-25)6-16(15)10-25)17(14-1-2-14)7-18(19)22(28)27-20(23(29)30)11-32-24(27)31/h7-8,13-16,20H,1-6,9-12H2,(H,29,30)/t13?,15?,16?,20-,25?/m0/s1. The monoisotopic (exact) mass is 457 g/mol. The summed E-state index contributed by atoms with van der Waals surface area (Å²) in [7, 11) is 0. The molecule has 4 unspecified atom stereocenters. The van der Waals surface area contributed by atoms with Gasteiger partial charge in [-0.2, -0.15) is 0 Å². The highest BCUT2D eigenvalue weighted by molar-refractivity contribution is 6.06. The minimum atomic E-state index is -1.46. The number of ether oxygens (including phenoxy) is 2. The summed E-state index contributed by atoms with van der Waals surface area (Å²) in [5.74, 6) is -0.0343. The molecule has 6 rings (SSSR count). The van der Waals surface area contributed by atoms with Gasteiger partial charge in [-0.3, -0.25) is 4.79 Å². The number of imide groups is 1. The van der Waals surface area contributed by atoms with Gasteiger partial charge in [0, 0.05) is 11.5 Å². The van der Waals surface area contributed by atoms with Gasteiger partial charge >= 0.3 is 12.1 Å². The van der Waals surface area contributed by atoms with E-state index in [9.17, 15) is 19.5 Å². The summed E-state index contributed by atoms with van der Waals surface area (Å²) < 4.78 is 26.2. The third-order valence-corrected chi connectivity index (χ3v) is 8.66. The van der Waals surface area contributed by atoms with Crippen molar-refractivity contribution in [3.8, 4) is 5.75 Å². The number of rotatable bonds is 6. The maximum absolute atomic E-state index is 15.1. The van der Waals surface area contributed by atoms with Crippen LogP contribution in [0.3, 0.4) is 0 Å². The van der Waals surface area contributed by atoms with E-state index < -0.39 is 36.4 Å². The Bertz CT molecular complexity index is 1030. The average Bonchev–Trinajstić information content (AvgIpc) is 3.50. The number of halogens is 1. The van der Waals surface area contributed by atoms with Gasteiger partial charge in [0.2, 0.25) is 0 Å². The Hall–Kier alpha value is -2.64. The molecule has 5 atom stereocenters. The summed E-state index contributed by atoms with van der Waals surface area (Å²) in [5, 5.41) is 9.31. The van der Waals surface area contributed by atoms with Crippen LogP contribution in [0.1, 0.15) is 73.2 Å². The van der Waals surface area contributed by atoms with Crippen LogP contribution in [-0.4, -0.2) is 47.2 Å². The van der Waals surface area contributed by atoms with E-state index in [4.69, 9.17) is 9.47 Å². The number of fused-ring (bicyclic) bond motifs is 2. The Balaban J connectivity index is 1.26. The normalized spacial score (nSPS) is 34.5. The lowest BCUT2D eigenvalue weighted by atomic mass is 9.62. The van der Waals surface area contributed by atoms with Gasteiger partial charge in [-0.25, -0.2) is 18.9 Å². The van der Waals surface area contributed by atoms with E-state index in [1.807, 2.05) is 0 Å². The predicted octanol–water partition coefficient (Wildman–Crippen LogP) is 4.34. The van der Waals surface area contributed by atoms with Gasteiger partial charge in [0.15, 0.2) is 6.04 Å². The van der Waals surface area contributed by atoms with Crippen LogP contribution in [0.2, 0.25) is 0 Å². The van der Waals surface area contributed by atoms with E-state index in [1.165, 1.54) is 44.2 Å². The van der Waals surface area contributed by atoms with Gasteiger partial charge in [0.25, 0.3) is 5.91 Å². The number of carbonyl (C=O) groups is 3. The van der Waals surface area contributed by atoms with Crippen molar-refractivity contribution in [3.05, 3.63) is 29.1 Å². The SMILES string of the molecule is O=C(O)[C@@H]1COC(=O)N1C(=O)c1cc(C2CC2)c(OCC23CCC4CC(CC4C2)C3)cc1F. The van der Waals surface area contributed by atoms with Crippen LogP contribution in [0.4, 0.5) is 9.18 Å². The number of cyclic esters (lactones) is 1. The molecule has 33 heavy (non-hydrogen) atoms. The third-order valence-electron chi connectivity index (χ3n) is 8.66. The first-order valence-electron chi connectivity index (χ1n) is 12.0. The molecule has 5 fully saturated rings. The number of aliphatic carboxylic acids is 1. The largest absolute Gasteiger partial charge is 0.493 e. The molecule has 1 N–H and O–H groups in total. The lowest BCUT2D eigenvalue weighted by Gasteiger charge is -2.44. The first-order valence-corrected chi connectivity index (χ1v) is 12.0. The molecule has 1 aromatic carbocycles. The van der Waals surface area contributed by atoms with E-state index in [1.54, 1.807) is 0 Å². The Kier molecular flexibility index (Phi) is 4.72. The van der Waals surface area contributed by atoms with E-state index in [-0.39, 0.29) is 16.9 Å². The second-order valence-corrected chi connectivity index (χ2v) is 10.8. The number of benzene rings is 1. The minimum Gasteiger partial charge on any atom is -0.493 e. The van der Waals surface area contributed by atoms with Gasteiger partial charge in [-0.1, -0.05) is 0 Å². The first kappa shape index (κ1) is 20.9. The summed E-state index contributed by atoms with van der Waals surface area (Å²) in [6.07, 6.45) is 8.29. The fourth-order valence-electron chi connectivity index (χ4n) is 7.01. The molecule has 0 radical (unpaired) electrons. The van der Waals surface area contributed by atoms with E-state index in [2.05, 4.69) is 0 Å². The second kappa shape index (κ2) is 7.43. The van der Waals surface area contributed by atoms with Crippen molar-refractivity contribution in [2.45, 2.75) is 63.3 Å². The quantitative estimate of drug-likeness (QED) is 0.683. The zero-order valence-corrected chi connectivity index (χ0v) is 18.4. The maximum atomic E-state index is 15.1. The number of hydrogen-bond acceptors (Lipinski definition) is 5. The van der Waals surface area contributed by atoms with E-state index in [0.29, 0.717) is 17.3 Å². The maximum Gasteiger partial charge on any atom is 0.417 e. The Morgan fingerprint density at radius 2 is 1.97 bits per heavy atom.